The fraction of sp³-hybridized carbons (Fsp3) is 0.714. The monoisotopic (exact) mass is 458 g/mol. The minimum atomic E-state index is -6.00. The molecule has 0 fully saturated rings. The predicted octanol–water partition coefficient (Wildman–Crippen LogP) is 3.94. The van der Waals surface area contributed by atoms with Crippen LogP contribution in [0.15, 0.2) is 23.7 Å². The van der Waals surface area contributed by atoms with Crippen LogP contribution < -0.4 is 0 Å². The van der Waals surface area contributed by atoms with Gasteiger partial charge >= 0.3 is 31.3 Å². The van der Waals surface area contributed by atoms with Gasteiger partial charge in [0.2, 0.25) is 0 Å². The number of allylic oxidation sites excluding steroid dienone is 2. The number of rotatable bonds is 6. The van der Waals surface area contributed by atoms with Gasteiger partial charge in [0.05, 0.1) is 0 Å². The summed E-state index contributed by atoms with van der Waals surface area (Å²) in [6.45, 7) is 3.34. The average molecular weight is 458 g/mol. The molecule has 6 nitrogen and oxygen atoms in total. The zero-order chi connectivity index (χ0) is 21.8. The van der Waals surface area contributed by atoms with Crippen molar-refractivity contribution < 1.29 is 51.5 Å². The molecule has 0 saturated heterocycles. The zero-order valence-electron chi connectivity index (χ0n) is 14.5. The lowest BCUT2D eigenvalue weighted by molar-refractivity contribution is -0.0551. The molecule has 0 aromatic heterocycles. The number of fused-ring (bicyclic) bond motifs is 1. The van der Waals surface area contributed by atoms with Crippen LogP contribution in [-0.4, -0.2) is 27.9 Å². The van der Waals surface area contributed by atoms with Crippen molar-refractivity contribution in [2.75, 3.05) is 0 Å². The number of hydrogen-bond donors (Lipinski definition) is 0. The SMILES string of the molecule is CCCC1(C)CC2C=C(OS(=O)(=O)C(F)(F)F)C1C=C2OS(=O)(=O)C(F)(F)F. The van der Waals surface area contributed by atoms with Crippen LogP contribution in [0.1, 0.15) is 33.1 Å². The van der Waals surface area contributed by atoms with E-state index in [1.54, 1.807) is 13.8 Å². The summed E-state index contributed by atoms with van der Waals surface area (Å²) in [6.07, 6.45) is 2.69. The van der Waals surface area contributed by atoms with Crippen LogP contribution in [0.5, 0.6) is 0 Å². The maximum Gasteiger partial charge on any atom is 0.534 e. The van der Waals surface area contributed by atoms with Gasteiger partial charge in [0.15, 0.2) is 0 Å². The highest BCUT2D eigenvalue weighted by Crippen LogP contribution is 2.55. The fourth-order valence-corrected chi connectivity index (χ4v) is 4.47. The Hall–Kier alpha value is -1.44. The normalized spacial score (nSPS) is 28.6. The van der Waals surface area contributed by atoms with E-state index in [9.17, 15) is 43.2 Å². The molecular formula is C14H16F6O6S2. The average Bonchev–Trinajstić information content (AvgIpc) is 2.46. The third-order valence-electron chi connectivity index (χ3n) is 4.61. The molecule has 0 radical (unpaired) electrons. The number of halogens is 6. The van der Waals surface area contributed by atoms with E-state index >= 15 is 0 Å². The molecule has 0 spiro atoms. The van der Waals surface area contributed by atoms with Crippen molar-refractivity contribution in [3.63, 3.8) is 0 Å². The van der Waals surface area contributed by atoms with Crippen LogP contribution in [0, 0.1) is 17.3 Å². The molecule has 162 valence electrons. The topological polar surface area (TPSA) is 86.7 Å². The van der Waals surface area contributed by atoms with E-state index in [0.29, 0.717) is 12.8 Å². The Labute approximate surface area is 157 Å². The van der Waals surface area contributed by atoms with Gasteiger partial charge in [-0.3, -0.25) is 0 Å². The first-order chi connectivity index (χ1) is 12.4. The molecule has 3 rings (SSSR count). The number of alkyl halides is 6. The van der Waals surface area contributed by atoms with Crippen LogP contribution in [0.25, 0.3) is 0 Å². The van der Waals surface area contributed by atoms with Crippen LogP contribution in [-0.2, 0) is 28.6 Å². The molecule has 2 bridgehead atoms. The summed E-state index contributed by atoms with van der Waals surface area (Å²) >= 11 is 0. The lowest BCUT2D eigenvalue weighted by atomic mass is 9.60. The van der Waals surface area contributed by atoms with E-state index in [1.807, 2.05) is 0 Å². The van der Waals surface area contributed by atoms with Crippen molar-refractivity contribution in [3.05, 3.63) is 23.7 Å². The molecule has 3 atom stereocenters. The minimum absolute atomic E-state index is 0.0453. The molecule has 3 unspecified atom stereocenters. The summed E-state index contributed by atoms with van der Waals surface area (Å²) < 4.78 is 129. The van der Waals surface area contributed by atoms with Crippen molar-refractivity contribution >= 4 is 20.2 Å². The van der Waals surface area contributed by atoms with Crippen LogP contribution in [0.4, 0.5) is 26.3 Å². The van der Waals surface area contributed by atoms with Gasteiger partial charge in [-0.1, -0.05) is 20.3 Å². The molecule has 3 aliphatic rings. The van der Waals surface area contributed by atoms with Gasteiger partial charge in [-0.05, 0) is 30.4 Å². The first-order valence-electron chi connectivity index (χ1n) is 7.88. The van der Waals surface area contributed by atoms with Gasteiger partial charge in [0.1, 0.15) is 11.5 Å². The van der Waals surface area contributed by atoms with E-state index in [1.165, 1.54) is 0 Å². The van der Waals surface area contributed by atoms with E-state index in [4.69, 9.17) is 0 Å². The maximum atomic E-state index is 12.6. The van der Waals surface area contributed by atoms with Crippen molar-refractivity contribution in [1.29, 1.82) is 0 Å². The largest absolute Gasteiger partial charge is 0.534 e. The van der Waals surface area contributed by atoms with Gasteiger partial charge < -0.3 is 8.37 Å². The highest BCUT2D eigenvalue weighted by molar-refractivity contribution is 7.88. The van der Waals surface area contributed by atoms with Crippen molar-refractivity contribution in [1.82, 2.24) is 0 Å². The second kappa shape index (κ2) is 6.82. The molecule has 28 heavy (non-hydrogen) atoms. The van der Waals surface area contributed by atoms with E-state index in [0.717, 1.165) is 12.2 Å². The summed E-state index contributed by atoms with van der Waals surface area (Å²) in [5.41, 5.74) is -12.3. The summed E-state index contributed by atoms with van der Waals surface area (Å²) in [5, 5.41) is 0. The molecule has 0 aromatic carbocycles. The Balaban J connectivity index is 2.42. The van der Waals surface area contributed by atoms with Crippen molar-refractivity contribution in [2.24, 2.45) is 17.3 Å². The van der Waals surface area contributed by atoms with Gasteiger partial charge in [0.25, 0.3) is 0 Å². The van der Waals surface area contributed by atoms with Crippen LogP contribution in [0.2, 0.25) is 0 Å². The quantitative estimate of drug-likeness (QED) is 0.341. The Kier molecular flexibility index (Phi) is 5.56. The Bertz CT molecular complexity index is 900. The van der Waals surface area contributed by atoms with Gasteiger partial charge in [-0.15, -0.1) is 0 Å². The number of hydrogen-bond acceptors (Lipinski definition) is 6. The molecule has 3 aliphatic carbocycles. The molecule has 0 heterocycles. The lowest BCUT2D eigenvalue weighted by Crippen LogP contribution is -2.41. The minimum Gasteiger partial charge on any atom is -0.380 e. The summed E-state index contributed by atoms with van der Waals surface area (Å²) in [5.74, 6) is -3.67. The molecule has 0 aliphatic heterocycles. The molecular weight excluding hydrogens is 442 g/mol. The Morgan fingerprint density at radius 1 is 0.964 bits per heavy atom. The van der Waals surface area contributed by atoms with Gasteiger partial charge in [-0.2, -0.15) is 43.2 Å². The van der Waals surface area contributed by atoms with Crippen LogP contribution in [0.3, 0.4) is 0 Å². The molecule has 0 saturated carbocycles. The first kappa shape index (κ1) is 22.8. The first-order valence-corrected chi connectivity index (χ1v) is 10.7. The maximum absolute atomic E-state index is 12.6. The zero-order valence-corrected chi connectivity index (χ0v) is 16.1. The Morgan fingerprint density at radius 3 is 1.82 bits per heavy atom. The predicted molar refractivity (Wildman–Crippen MR) is 82.9 cm³/mol. The summed E-state index contributed by atoms with van der Waals surface area (Å²) in [6, 6.07) is 0. The van der Waals surface area contributed by atoms with E-state index < -0.39 is 60.0 Å². The van der Waals surface area contributed by atoms with Crippen molar-refractivity contribution in [3.8, 4) is 0 Å². The second-order valence-electron chi connectivity index (χ2n) is 6.80. The fourth-order valence-electron chi connectivity index (χ4n) is 3.43. The van der Waals surface area contributed by atoms with E-state index in [-0.39, 0.29) is 6.42 Å². The molecule has 0 amide bonds. The third-order valence-corrected chi connectivity index (χ3v) is 6.56. The van der Waals surface area contributed by atoms with E-state index in [2.05, 4.69) is 8.37 Å². The third kappa shape index (κ3) is 4.11. The molecule has 14 heteroatoms. The standard InChI is InChI=1S/C14H16F6O6S2/c1-3-4-12(2)7-8-5-11(26-28(23,24)14(18,19)20)9(12)6-10(8)25-27(21,22)13(15,16)17/h5-6,8-9H,3-4,7H2,1-2H3. The lowest BCUT2D eigenvalue weighted by Gasteiger charge is -2.46. The van der Waals surface area contributed by atoms with Crippen molar-refractivity contribution in [2.45, 2.75) is 44.1 Å². The summed E-state index contributed by atoms with van der Waals surface area (Å²) in [7, 11) is -12.0. The molecule has 0 N–H and O–H groups in total. The highest BCUT2D eigenvalue weighted by Gasteiger charge is 2.55. The molecule has 0 aromatic rings. The summed E-state index contributed by atoms with van der Waals surface area (Å²) in [4.78, 5) is 0. The van der Waals surface area contributed by atoms with Gasteiger partial charge in [0, 0.05) is 11.8 Å². The second-order valence-corrected chi connectivity index (χ2v) is 9.87. The van der Waals surface area contributed by atoms with Gasteiger partial charge in [-0.25, -0.2) is 0 Å². The van der Waals surface area contributed by atoms with Crippen LogP contribution >= 0.6 is 0 Å². The smallest absolute Gasteiger partial charge is 0.380 e. The Morgan fingerprint density at radius 2 is 1.43 bits per heavy atom. The highest BCUT2D eigenvalue weighted by atomic mass is 32.2.